The molecule has 14 heavy (non-hydrogen) atoms. The molecule has 0 fully saturated rings. The summed E-state index contributed by atoms with van der Waals surface area (Å²) in [7, 11) is 0. The standard InChI is InChI=1S/C8H8N4O2/c1-4-2-3-5-6(7(4)12(13)14)11-8(9)10-5/h2-3H,1H3,(H3,9,10,11). The molecule has 0 radical (unpaired) electrons. The Kier molecular flexibility index (Phi) is 1.63. The van der Waals surface area contributed by atoms with Gasteiger partial charge in [-0.25, -0.2) is 4.98 Å². The number of aromatic nitrogens is 2. The predicted octanol–water partition coefficient (Wildman–Crippen LogP) is 1.36. The first-order valence-corrected chi connectivity index (χ1v) is 3.99. The van der Waals surface area contributed by atoms with E-state index in [1.54, 1.807) is 19.1 Å². The van der Waals surface area contributed by atoms with E-state index in [0.717, 1.165) is 0 Å². The highest BCUT2D eigenvalue weighted by atomic mass is 16.6. The second-order valence-corrected chi connectivity index (χ2v) is 3.00. The number of imidazole rings is 1. The first-order valence-electron chi connectivity index (χ1n) is 3.99. The average molecular weight is 192 g/mol. The second-order valence-electron chi connectivity index (χ2n) is 3.00. The van der Waals surface area contributed by atoms with E-state index in [1.807, 2.05) is 0 Å². The Hall–Kier alpha value is -2.11. The van der Waals surface area contributed by atoms with Gasteiger partial charge < -0.3 is 10.7 Å². The molecule has 0 amide bonds. The number of nitro groups is 1. The van der Waals surface area contributed by atoms with Gasteiger partial charge in [-0.2, -0.15) is 0 Å². The number of nitrogens with one attached hydrogen (secondary N) is 1. The molecule has 1 aromatic heterocycles. The fourth-order valence-corrected chi connectivity index (χ4v) is 1.42. The first-order chi connectivity index (χ1) is 6.59. The largest absolute Gasteiger partial charge is 0.369 e. The number of aryl methyl sites for hydroxylation is 1. The van der Waals surface area contributed by atoms with Crippen LogP contribution in [-0.2, 0) is 0 Å². The van der Waals surface area contributed by atoms with E-state index in [0.29, 0.717) is 16.6 Å². The zero-order chi connectivity index (χ0) is 10.3. The molecule has 0 aliphatic heterocycles. The maximum atomic E-state index is 10.8. The van der Waals surface area contributed by atoms with E-state index in [2.05, 4.69) is 9.97 Å². The lowest BCUT2D eigenvalue weighted by Gasteiger charge is -1.96. The van der Waals surface area contributed by atoms with E-state index in [1.165, 1.54) is 0 Å². The SMILES string of the molecule is Cc1ccc2nc(N)[nH]c2c1[N+](=O)[O-]. The molecular weight excluding hydrogens is 184 g/mol. The molecule has 1 aromatic carbocycles. The normalized spacial score (nSPS) is 10.6. The van der Waals surface area contributed by atoms with Crippen LogP contribution in [0, 0.1) is 17.0 Å². The van der Waals surface area contributed by atoms with Gasteiger partial charge in [0, 0.05) is 5.56 Å². The Balaban J connectivity index is 2.88. The second kappa shape index (κ2) is 2.69. The number of hydrogen-bond acceptors (Lipinski definition) is 4. The average Bonchev–Trinajstić information content (AvgIpc) is 2.43. The van der Waals surface area contributed by atoms with Gasteiger partial charge >= 0.3 is 0 Å². The molecule has 0 aliphatic carbocycles. The van der Waals surface area contributed by atoms with E-state index < -0.39 is 4.92 Å². The zero-order valence-corrected chi connectivity index (χ0v) is 7.44. The fraction of sp³-hybridized carbons (Fsp3) is 0.125. The highest BCUT2D eigenvalue weighted by molar-refractivity contribution is 5.87. The Morgan fingerprint density at radius 3 is 2.93 bits per heavy atom. The number of nitrogen functional groups attached to an aromatic ring is 1. The fourth-order valence-electron chi connectivity index (χ4n) is 1.42. The van der Waals surface area contributed by atoms with Crippen molar-refractivity contribution in [3.05, 3.63) is 27.8 Å². The van der Waals surface area contributed by atoms with Crippen LogP contribution in [0.15, 0.2) is 12.1 Å². The quantitative estimate of drug-likeness (QED) is 0.526. The molecule has 0 saturated heterocycles. The molecule has 0 bridgehead atoms. The monoisotopic (exact) mass is 192 g/mol. The van der Waals surface area contributed by atoms with Crippen LogP contribution in [0.1, 0.15) is 5.56 Å². The van der Waals surface area contributed by atoms with Crippen molar-refractivity contribution in [3.8, 4) is 0 Å². The lowest BCUT2D eigenvalue weighted by Crippen LogP contribution is -1.92. The van der Waals surface area contributed by atoms with Crippen LogP contribution >= 0.6 is 0 Å². The minimum absolute atomic E-state index is 0.0340. The van der Waals surface area contributed by atoms with Crippen LogP contribution in [0.2, 0.25) is 0 Å². The number of aromatic amines is 1. The zero-order valence-electron chi connectivity index (χ0n) is 7.44. The molecule has 6 nitrogen and oxygen atoms in total. The van der Waals surface area contributed by atoms with Crippen LogP contribution in [0.25, 0.3) is 11.0 Å². The van der Waals surface area contributed by atoms with Crippen LogP contribution in [0.5, 0.6) is 0 Å². The third-order valence-corrected chi connectivity index (χ3v) is 2.03. The summed E-state index contributed by atoms with van der Waals surface area (Å²) in [6.07, 6.45) is 0. The number of H-pyrrole nitrogens is 1. The van der Waals surface area contributed by atoms with Crippen LogP contribution in [0.3, 0.4) is 0 Å². The van der Waals surface area contributed by atoms with Gasteiger partial charge in [-0.3, -0.25) is 10.1 Å². The number of rotatable bonds is 1. The van der Waals surface area contributed by atoms with Crippen LogP contribution < -0.4 is 5.73 Å². The molecule has 0 atom stereocenters. The number of benzene rings is 1. The van der Waals surface area contributed by atoms with Crippen molar-refractivity contribution < 1.29 is 4.92 Å². The van der Waals surface area contributed by atoms with Gasteiger partial charge in [0.1, 0.15) is 5.52 Å². The summed E-state index contributed by atoms with van der Waals surface area (Å²) in [5.74, 6) is 0.189. The first kappa shape index (κ1) is 8.49. The molecule has 72 valence electrons. The lowest BCUT2D eigenvalue weighted by molar-refractivity contribution is -0.383. The number of anilines is 1. The summed E-state index contributed by atoms with van der Waals surface area (Å²) < 4.78 is 0. The van der Waals surface area contributed by atoms with Crippen molar-refractivity contribution in [2.75, 3.05) is 5.73 Å². The van der Waals surface area contributed by atoms with Gasteiger partial charge in [-0.15, -0.1) is 0 Å². The highest BCUT2D eigenvalue weighted by Gasteiger charge is 2.17. The van der Waals surface area contributed by atoms with E-state index in [-0.39, 0.29) is 11.6 Å². The van der Waals surface area contributed by atoms with Crippen molar-refractivity contribution in [2.45, 2.75) is 6.92 Å². The third-order valence-electron chi connectivity index (χ3n) is 2.03. The van der Waals surface area contributed by atoms with Crippen LogP contribution in [0.4, 0.5) is 11.6 Å². The van der Waals surface area contributed by atoms with Crippen LogP contribution in [-0.4, -0.2) is 14.9 Å². The minimum Gasteiger partial charge on any atom is -0.369 e. The van der Waals surface area contributed by atoms with Crippen molar-refractivity contribution in [1.82, 2.24) is 9.97 Å². The minimum atomic E-state index is -0.435. The van der Waals surface area contributed by atoms with Gasteiger partial charge in [0.05, 0.1) is 10.4 Å². The third kappa shape index (κ3) is 1.08. The smallest absolute Gasteiger partial charge is 0.297 e. The molecule has 2 rings (SSSR count). The summed E-state index contributed by atoms with van der Waals surface area (Å²) in [5, 5.41) is 10.8. The molecule has 0 unspecified atom stereocenters. The lowest BCUT2D eigenvalue weighted by atomic mass is 10.2. The Morgan fingerprint density at radius 2 is 2.29 bits per heavy atom. The van der Waals surface area contributed by atoms with E-state index in [4.69, 9.17) is 5.73 Å². The molecule has 1 heterocycles. The molecule has 3 N–H and O–H groups in total. The summed E-state index contributed by atoms with van der Waals surface area (Å²) in [5.41, 5.74) is 6.94. The predicted molar refractivity (Wildman–Crippen MR) is 51.9 cm³/mol. The Morgan fingerprint density at radius 1 is 1.57 bits per heavy atom. The molecule has 0 spiro atoms. The number of nitro benzene ring substituents is 1. The maximum absolute atomic E-state index is 10.8. The summed E-state index contributed by atoms with van der Waals surface area (Å²) >= 11 is 0. The topological polar surface area (TPSA) is 97.8 Å². The van der Waals surface area contributed by atoms with Gasteiger partial charge in [0.2, 0.25) is 0 Å². The number of fused-ring (bicyclic) bond motifs is 1. The van der Waals surface area contributed by atoms with Crippen molar-refractivity contribution in [2.24, 2.45) is 0 Å². The van der Waals surface area contributed by atoms with Crippen molar-refractivity contribution in [3.63, 3.8) is 0 Å². The highest BCUT2D eigenvalue weighted by Crippen LogP contribution is 2.27. The summed E-state index contributed by atoms with van der Waals surface area (Å²) in [4.78, 5) is 16.9. The molecular formula is C8H8N4O2. The maximum Gasteiger partial charge on any atom is 0.297 e. The van der Waals surface area contributed by atoms with Gasteiger partial charge in [0.15, 0.2) is 5.95 Å². The van der Waals surface area contributed by atoms with Gasteiger partial charge in [-0.1, -0.05) is 6.07 Å². The van der Waals surface area contributed by atoms with Gasteiger partial charge in [-0.05, 0) is 13.0 Å². The Bertz CT molecular complexity index is 517. The molecule has 2 aromatic rings. The number of nitrogens with two attached hydrogens (primary N) is 1. The molecule has 6 heteroatoms. The van der Waals surface area contributed by atoms with Gasteiger partial charge in [0.25, 0.3) is 5.69 Å². The number of nitrogens with zero attached hydrogens (tertiary/aromatic N) is 2. The molecule has 0 aliphatic rings. The summed E-state index contributed by atoms with van der Waals surface area (Å²) in [6.45, 7) is 1.68. The van der Waals surface area contributed by atoms with E-state index >= 15 is 0 Å². The Labute approximate surface area is 78.9 Å². The van der Waals surface area contributed by atoms with Crippen molar-refractivity contribution >= 4 is 22.7 Å². The molecule has 0 saturated carbocycles. The van der Waals surface area contributed by atoms with E-state index in [9.17, 15) is 10.1 Å². The number of hydrogen-bond donors (Lipinski definition) is 2. The summed E-state index contributed by atoms with van der Waals surface area (Å²) in [6, 6.07) is 3.35. The van der Waals surface area contributed by atoms with Crippen molar-refractivity contribution in [1.29, 1.82) is 0 Å².